The quantitative estimate of drug-likeness (QED) is 0.915. The lowest BCUT2D eigenvalue weighted by Crippen LogP contribution is -2.37. The molecule has 0 saturated carbocycles. The Morgan fingerprint density at radius 3 is 2.90 bits per heavy atom. The summed E-state index contributed by atoms with van der Waals surface area (Å²) in [5, 5.41) is 3.45. The van der Waals surface area contributed by atoms with Gasteiger partial charge in [-0.05, 0) is 57.1 Å². The molecule has 20 heavy (non-hydrogen) atoms. The van der Waals surface area contributed by atoms with Gasteiger partial charge in [0.25, 0.3) is 0 Å². The number of hydrogen-bond acceptors (Lipinski definition) is 3. The zero-order valence-electron chi connectivity index (χ0n) is 12.1. The number of benzene rings is 1. The second-order valence-corrected chi connectivity index (χ2v) is 6.88. The Morgan fingerprint density at radius 1 is 1.30 bits per heavy atom. The summed E-state index contributed by atoms with van der Waals surface area (Å²) in [6.45, 7) is 4.37. The lowest BCUT2D eigenvalue weighted by Gasteiger charge is -2.36. The van der Waals surface area contributed by atoms with E-state index in [4.69, 9.17) is 4.74 Å². The van der Waals surface area contributed by atoms with E-state index in [-0.39, 0.29) is 0 Å². The molecule has 2 aliphatic heterocycles. The summed E-state index contributed by atoms with van der Waals surface area (Å²) in [4.78, 5) is 2.53. The average Bonchev–Trinajstić information content (AvgIpc) is 2.47. The second-order valence-electron chi connectivity index (χ2n) is 5.97. The number of halogens is 1. The maximum absolute atomic E-state index is 5.79. The van der Waals surface area contributed by atoms with Gasteiger partial charge in [-0.15, -0.1) is 0 Å². The molecule has 3 nitrogen and oxygen atoms in total. The molecule has 0 amide bonds. The third-order valence-electron chi connectivity index (χ3n) is 4.52. The van der Waals surface area contributed by atoms with E-state index in [1.54, 1.807) is 0 Å². The molecule has 1 N–H and O–H groups in total. The molecular weight excluding hydrogens is 316 g/mol. The van der Waals surface area contributed by atoms with E-state index in [9.17, 15) is 0 Å². The minimum atomic E-state index is 0.492. The molecular formula is C16H23BrN2O. The molecule has 1 atom stereocenters. The summed E-state index contributed by atoms with van der Waals surface area (Å²) in [6.07, 6.45) is 3.70. The summed E-state index contributed by atoms with van der Waals surface area (Å²) in [6, 6.07) is 6.86. The molecule has 1 aromatic carbocycles. The van der Waals surface area contributed by atoms with Crippen LogP contribution in [0.4, 0.5) is 0 Å². The highest BCUT2D eigenvalue weighted by atomic mass is 79.9. The smallest absolute Gasteiger partial charge is 0.124 e. The van der Waals surface area contributed by atoms with Crippen LogP contribution >= 0.6 is 15.9 Å². The second kappa shape index (κ2) is 6.46. The van der Waals surface area contributed by atoms with Crippen LogP contribution in [0.1, 0.15) is 30.9 Å². The van der Waals surface area contributed by atoms with E-state index >= 15 is 0 Å². The SMILES string of the molecule is CN(CC1CCNCC1)C1CCOc2ccc(Br)cc21. The van der Waals surface area contributed by atoms with Crippen LogP contribution in [0.5, 0.6) is 5.75 Å². The number of nitrogens with one attached hydrogen (secondary N) is 1. The van der Waals surface area contributed by atoms with Crippen LogP contribution < -0.4 is 10.1 Å². The lowest BCUT2D eigenvalue weighted by atomic mass is 9.94. The van der Waals surface area contributed by atoms with Crippen molar-refractivity contribution < 1.29 is 4.74 Å². The predicted octanol–water partition coefficient (Wildman–Crippen LogP) is 3.20. The van der Waals surface area contributed by atoms with Crippen molar-refractivity contribution in [1.82, 2.24) is 10.2 Å². The van der Waals surface area contributed by atoms with Crippen molar-refractivity contribution in [3.63, 3.8) is 0 Å². The van der Waals surface area contributed by atoms with Crippen LogP contribution in [0.2, 0.25) is 0 Å². The fourth-order valence-corrected chi connectivity index (χ4v) is 3.78. The molecule has 1 saturated heterocycles. The normalized spacial score (nSPS) is 23.4. The summed E-state index contributed by atoms with van der Waals surface area (Å²) in [7, 11) is 2.27. The third kappa shape index (κ3) is 3.18. The molecule has 4 heteroatoms. The van der Waals surface area contributed by atoms with Crippen LogP contribution in [-0.2, 0) is 0 Å². The average molecular weight is 339 g/mol. The van der Waals surface area contributed by atoms with E-state index < -0.39 is 0 Å². The predicted molar refractivity (Wildman–Crippen MR) is 85.2 cm³/mol. The Morgan fingerprint density at radius 2 is 2.10 bits per heavy atom. The number of piperidine rings is 1. The van der Waals surface area contributed by atoms with Crippen molar-refractivity contribution >= 4 is 15.9 Å². The first-order chi connectivity index (χ1) is 9.74. The maximum Gasteiger partial charge on any atom is 0.124 e. The largest absolute Gasteiger partial charge is 0.493 e. The van der Waals surface area contributed by atoms with Gasteiger partial charge in [-0.25, -0.2) is 0 Å². The van der Waals surface area contributed by atoms with Crippen molar-refractivity contribution in [3.05, 3.63) is 28.2 Å². The van der Waals surface area contributed by atoms with Gasteiger partial charge in [0.2, 0.25) is 0 Å². The van der Waals surface area contributed by atoms with Crippen LogP contribution in [0, 0.1) is 5.92 Å². The first-order valence-corrected chi connectivity index (χ1v) is 8.36. The molecule has 1 fully saturated rings. The fraction of sp³-hybridized carbons (Fsp3) is 0.625. The van der Waals surface area contributed by atoms with Crippen LogP contribution in [0.3, 0.4) is 0 Å². The molecule has 0 spiro atoms. The molecule has 110 valence electrons. The monoisotopic (exact) mass is 338 g/mol. The van der Waals surface area contributed by atoms with E-state index in [2.05, 4.69) is 51.4 Å². The van der Waals surface area contributed by atoms with E-state index in [0.717, 1.165) is 29.2 Å². The van der Waals surface area contributed by atoms with Gasteiger partial charge in [-0.3, -0.25) is 4.90 Å². The Balaban J connectivity index is 1.72. The van der Waals surface area contributed by atoms with Gasteiger partial charge in [0.1, 0.15) is 5.75 Å². The van der Waals surface area contributed by atoms with Crippen LogP contribution in [0.15, 0.2) is 22.7 Å². The zero-order valence-corrected chi connectivity index (χ0v) is 13.7. The van der Waals surface area contributed by atoms with Gasteiger partial charge >= 0.3 is 0 Å². The molecule has 0 aromatic heterocycles. The molecule has 1 aromatic rings. The highest BCUT2D eigenvalue weighted by Gasteiger charge is 2.27. The topological polar surface area (TPSA) is 24.5 Å². The third-order valence-corrected chi connectivity index (χ3v) is 5.01. The van der Waals surface area contributed by atoms with Crippen molar-refractivity contribution in [2.75, 3.05) is 33.3 Å². The first kappa shape index (κ1) is 14.4. The summed E-state index contributed by atoms with van der Waals surface area (Å²) >= 11 is 3.58. The Kier molecular flexibility index (Phi) is 4.64. The van der Waals surface area contributed by atoms with Crippen molar-refractivity contribution in [3.8, 4) is 5.75 Å². The molecule has 3 rings (SSSR count). The molecule has 2 aliphatic rings. The maximum atomic E-state index is 5.79. The number of rotatable bonds is 3. The molecule has 0 radical (unpaired) electrons. The van der Waals surface area contributed by atoms with Crippen molar-refractivity contribution in [2.45, 2.75) is 25.3 Å². The highest BCUT2D eigenvalue weighted by Crippen LogP contribution is 2.37. The molecule has 2 heterocycles. The number of nitrogens with zero attached hydrogens (tertiary/aromatic N) is 1. The fourth-order valence-electron chi connectivity index (χ4n) is 3.40. The number of ether oxygens (including phenoxy) is 1. The number of hydrogen-bond donors (Lipinski definition) is 1. The van der Waals surface area contributed by atoms with E-state index in [0.29, 0.717) is 6.04 Å². The Hall–Kier alpha value is -0.580. The molecule has 0 bridgehead atoms. The summed E-state index contributed by atoms with van der Waals surface area (Å²) < 4.78 is 6.93. The minimum absolute atomic E-state index is 0.492. The minimum Gasteiger partial charge on any atom is -0.493 e. The number of fused-ring (bicyclic) bond motifs is 1. The van der Waals surface area contributed by atoms with Gasteiger partial charge in [0, 0.05) is 29.0 Å². The van der Waals surface area contributed by atoms with Gasteiger partial charge < -0.3 is 10.1 Å². The molecule has 1 unspecified atom stereocenters. The highest BCUT2D eigenvalue weighted by molar-refractivity contribution is 9.10. The standard InChI is InChI=1S/C16H23BrN2O/c1-19(11-12-4-7-18-8-5-12)15-6-9-20-16-3-2-13(17)10-14(15)16/h2-3,10,12,15,18H,4-9,11H2,1H3. The lowest BCUT2D eigenvalue weighted by molar-refractivity contribution is 0.139. The zero-order chi connectivity index (χ0) is 13.9. The van der Waals surface area contributed by atoms with E-state index in [1.807, 2.05) is 0 Å². The van der Waals surface area contributed by atoms with Gasteiger partial charge in [-0.1, -0.05) is 15.9 Å². The van der Waals surface area contributed by atoms with Gasteiger partial charge in [0.15, 0.2) is 0 Å². The van der Waals surface area contributed by atoms with Gasteiger partial charge in [-0.2, -0.15) is 0 Å². The van der Waals surface area contributed by atoms with Crippen LogP contribution in [-0.4, -0.2) is 38.2 Å². The summed E-state index contributed by atoms with van der Waals surface area (Å²) in [5.74, 6) is 1.89. The first-order valence-electron chi connectivity index (χ1n) is 7.57. The van der Waals surface area contributed by atoms with Gasteiger partial charge in [0.05, 0.1) is 6.61 Å². The van der Waals surface area contributed by atoms with E-state index in [1.165, 1.54) is 38.0 Å². The van der Waals surface area contributed by atoms with Crippen molar-refractivity contribution in [2.24, 2.45) is 5.92 Å². The Bertz CT molecular complexity index is 460. The Labute approximate surface area is 129 Å². The summed E-state index contributed by atoms with van der Waals surface area (Å²) in [5.41, 5.74) is 1.34. The van der Waals surface area contributed by atoms with Crippen LogP contribution in [0.25, 0.3) is 0 Å². The molecule has 0 aliphatic carbocycles. The van der Waals surface area contributed by atoms with Crippen molar-refractivity contribution in [1.29, 1.82) is 0 Å².